The standard InChI is InChI=1S/C62H68ClN11O10S/c1-62(2)22-20-42(49(34-62)40-10-12-43(63)13-11-40)38-71-27-29-72(30-28-71)44-14-16-47(54(32-44)84-45-31-41-21-24-65-57(41)67-36-45)58(76)69-85(82,83)46-15-17-50(53(33-46)74(80)81)66-35-39-7-6-26-70(37-39)25-4-3-23-64-51-9-5-8-48-56(51)61(79)73(60(48)78)52-18-19-55(75)68-59(52)77/h5,8-17,21,24,31-33,36,39,52,64,66H,3-4,6-7,18-20,22-23,25-30,34-35,37-38H2,1-2H3,(H,65,67)(H,69,76)(H,68,75,77). The summed E-state index contributed by atoms with van der Waals surface area (Å²) in [6.07, 6.45) is 9.87. The molecule has 4 aliphatic heterocycles. The molecule has 85 heavy (non-hydrogen) atoms. The number of piperazine rings is 1. The number of aromatic nitrogens is 2. The number of allylic oxidation sites excluding steroid dienone is 1. The molecule has 0 radical (unpaired) electrons. The predicted molar refractivity (Wildman–Crippen MR) is 324 cm³/mol. The van der Waals surface area contributed by atoms with Crippen molar-refractivity contribution >= 4 is 90.5 Å². The topological polar surface area (TPSA) is 262 Å². The Morgan fingerprint density at radius 2 is 1.69 bits per heavy atom. The highest BCUT2D eigenvalue weighted by molar-refractivity contribution is 7.90. The first kappa shape index (κ1) is 58.6. The molecule has 444 valence electrons. The number of hydrogen-bond acceptors (Lipinski definition) is 16. The van der Waals surface area contributed by atoms with E-state index < -0.39 is 61.1 Å². The van der Waals surface area contributed by atoms with Crippen LogP contribution >= 0.6 is 11.6 Å². The van der Waals surface area contributed by atoms with Crippen LogP contribution in [-0.2, 0) is 19.6 Å². The van der Waals surface area contributed by atoms with Crippen LogP contribution in [0.5, 0.6) is 11.5 Å². The minimum absolute atomic E-state index is 0.0361. The average Bonchev–Trinajstić information content (AvgIpc) is 2.89. The number of benzene rings is 4. The monoisotopic (exact) mass is 1190 g/mol. The van der Waals surface area contributed by atoms with Crippen LogP contribution in [0.25, 0.3) is 16.6 Å². The first-order chi connectivity index (χ1) is 40.9. The number of rotatable bonds is 20. The van der Waals surface area contributed by atoms with Gasteiger partial charge in [-0.15, -0.1) is 0 Å². The summed E-state index contributed by atoms with van der Waals surface area (Å²) in [5.74, 6) is -2.66. The molecule has 2 aromatic heterocycles. The van der Waals surface area contributed by atoms with E-state index in [2.05, 4.69) is 71.3 Å². The van der Waals surface area contributed by atoms with Crippen LogP contribution in [0.2, 0.25) is 5.02 Å². The van der Waals surface area contributed by atoms with Crippen molar-refractivity contribution in [2.24, 2.45) is 11.3 Å². The van der Waals surface area contributed by atoms with Gasteiger partial charge in [0.2, 0.25) is 11.8 Å². The van der Waals surface area contributed by atoms with Gasteiger partial charge in [-0.05, 0) is 148 Å². The van der Waals surface area contributed by atoms with Crippen molar-refractivity contribution in [3.8, 4) is 11.5 Å². The Morgan fingerprint density at radius 3 is 2.48 bits per heavy atom. The molecule has 23 heteroatoms. The number of piperidine rings is 2. The van der Waals surface area contributed by atoms with Gasteiger partial charge >= 0.3 is 0 Å². The quantitative estimate of drug-likeness (QED) is 0.0206. The van der Waals surface area contributed by atoms with Crippen LogP contribution in [-0.4, -0.2) is 139 Å². The molecule has 5 amide bonds. The molecule has 5 aliphatic rings. The molecule has 6 heterocycles. The number of anilines is 3. The average molecular weight is 1190 g/mol. The second kappa shape index (κ2) is 24.8. The van der Waals surface area contributed by atoms with Crippen molar-refractivity contribution in [3.05, 3.63) is 146 Å². The number of hydrogen-bond donors (Lipinski definition) is 5. The minimum Gasteiger partial charge on any atom is -0.455 e. The highest BCUT2D eigenvalue weighted by atomic mass is 35.5. The molecule has 3 fully saturated rings. The normalized spacial score (nSPS) is 19.5. The molecule has 4 aromatic carbocycles. The zero-order valence-corrected chi connectivity index (χ0v) is 49.0. The number of likely N-dealkylation sites (tertiary alicyclic amines) is 1. The number of nitrogens with zero attached hydrogens (tertiary/aromatic N) is 6. The summed E-state index contributed by atoms with van der Waals surface area (Å²) in [7, 11) is -4.65. The second-order valence-electron chi connectivity index (χ2n) is 23.4. The van der Waals surface area contributed by atoms with E-state index in [1.54, 1.807) is 42.6 Å². The summed E-state index contributed by atoms with van der Waals surface area (Å²) in [6.45, 7) is 11.8. The molecule has 5 N–H and O–H groups in total. The Labute approximate surface area is 497 Å². The third-order valence-corrected chi connectivity index (χ3v) is 18.5. The lowest BCUT2D eigenvalue weighted by Gasteiger charge is -2.39. The smallest absolute Gasteiger partial charge is 0.293 e. The SMILES string of the molecule is CC1(C)CCC(CN2CCN(c3ccc(C(=O)NS(=O)(=O)c4ccc(NCC5CCCN(CCCCNc6cccc7c6C(=O)N(C6CCC(=O)NC6=O)C7=O)C5)c([N+](=O)[O-])c4)c(Oc4cnc5[nH]ccc5c4)c3)CC2)=C(c2ccc(Cl)cc2)C1. The van der Waals surface area contributed by atoms with E-state index >= 15 is 0 Å². The van der Waals surface area contributed by atoms with Gasteiger partial charge in [-0.25, -0.2) is 18.1 Å². The minimum atomic E-state index is -4.65. The molecule has 11 rings (SSSR count). The molecule has 0 spiro atoms. The van der Waals surface area contributed by atoms with Gasteiger partial charge < -0.3 is 30.2 Å². The third-order valence-electron chi connectivity index (χ3n) is 16.9. The number of unbranched alkanes of at least 4 members (excludes halogenated alkanes) is 1. The Kier molecular flexibility index (Phi) is 17.1. The Morgan fingerprint density at radius 1 is 0.882 bits per heavy atom. The molecular formula is C62H68ClN11O10S. The first-order valence-electron chi connectivity index (χ1n) is 29.0. The fraction of sp³-hybridized carbons (Fsp3) is 0.387. The summed E-state index contributed by atoms with van der Waals surface area (Å²) in [6, 6.07) is 24.2. The number of nitro groups is 1. The van der Waals surface area contributed by atoms with Crippen LogP contribution in [0.1, 0.15) is 108 Å². The maximum absolute atomic E-state index is 14.2. The highest BCUT2D eigenvalue weighted by Gasteiger charge is 2.46. The predicted octanol–water partition coefficient (Wildman–Crippen LogP) is 9.24. The lowest BCUT2D eigenvalue weighted by molar-refractivity contribution is -0.384. The fourth-order valence-corrected chi connectivity index (χ4v) is 13.4. The number of halogens is 1. The van der Waals surface area contributed by atoms with Gasteiger partial charge in [0.15, 0.2) is 0 Å². The van der Waals surface area contributed by atoms with Crippen LogP contribution < -0.4 is 30.3 Å². The van der Waals surface area contributed by atoms with Gasteiger partial charge in [0.05, 0.1) is 32.7 Å². The summed E-state index contributed by atoms with van der Waals surface area (Å²) < 4.78 is 36.5. The number of carbonyl (C=O) groups is 5. The number of sulfonamides is 1. The zero-order chi connectivity index (χ0) is 59.6. The number of amides is 5. The maximum atomic E-state index is 14.2. The zero-order valence-electron chi connectivity index (χ0n) is 47.5. The number of fused-ring (bicyclic) bond motifs is 2. The molecule has 3 saturated heterocycles. The summed E-state index contributed by atoms with van der Waals surface area (Å²) in [4.78, 5) is 92.1. The van der Waals surface area contributed by atoms with Crippen LogP contribution in [0.4, 0.5) is 22.7 Å². The van der Waals surface area contributed by atoms with E-state index in [1.165, 1.54) is 41.1 Å². The number of nitro benzene ring substituents is 1. The van der Waals surface area contributed by atoms with Gasteiger partial charge in [0.25, 0.3) is 33.4 Å². The molecule has 1 aliphatic carbocycles. The molecular weight excluding hydrogens is 1130 g/mol. The molecule has 6 aromatic rings. The van der Waals surface area contributed by atoms with Crippen molar-refractivity contribution in [1.82, 2.24) is 34.7 Å². The lowest BCUT2D eigenvalue weighted by atomic mass is 9.72. The molecule has 0 bridgehead atoms. The lowest BCUT2D eigenvalue weighted by Crippen LogP contribution is -2.54. The van der Waals surface area contributed by atoms with Crippen molar-refractivity contribution < 1.29 is 42.1 Å². The maximum Gasteiger partial charge on any atom is 0.293 e. The summed E-state index contributed by atoms with van der Waals surface area (Å²) >= 11 is 6.27. The number of ether oxygens (including phenoxy) is 1. The number of nitrogens with one attached hydrogen (secondary N) is 5. The summed E-state index contributed by atoms with van der Waals surface area (Å²) in [5, 5.41) is 22.7. The van der Waals surface area contributed by atoms with Crippen molar-refractivity contribution in [1.29, 1.82) is 0 Å². The number of aromatic amines is 1. The molecule has 2 atom stereocenters. The van der Waals surface area contributed by atoms with Crippen molar-refractivity contribution in [3.63, 3.8) is 0 Å². The van der Waals surface area contributed by atoms with Crippen LogP contribution in [0, 0.1) is 21.4 Å². The molecule has 2 unspecified atom stereocenters. The van der Waals surface area contributed by atoms with Gasteiger partial charge in [0, 0.05) is 98.9 Å². The van der Waals surface area contributed by atoms with E-state index in [0.717, 1.165) is 106 Å². The Hall–Kier alpha value is -8.18. The summed E-state index contributed by atoms with van der Waals surface area (Å²) in [5.41, 5.74) is 6.21. The fourth-order valence-electron chi connectivity index (χ4n) is 12.3. The largest absolute Gasteiger partial charge is 0.455 e. The highest BCUT2D eigenvalue weighted by Crippen LogP contribution is 2.44. The Bertz CT molecular complexity index is 3750. The van der Waals surface area contributed by atoms with Gasteiger partial charge in [-0.2, -0.15) is 0 Å². The van der Waals surface area contributed by atoms with Crippen molar-refractivity contribution in [2.45, 2.75) is 82.6 Å². The van der Waals surface area contributed by atoms with Crippen LogP contribution in [0.3, 0.4) is 0 Å². The van der Waals surface area contributed by atoms with Crippen LogP contribution in [0.15, 0.2) is 114 Å². The number of imide groups is 2. The van der Waals surface area contributed by atoms with Gasteiger partial charge in [-0.3, -0.25) is 49.2 Å². The van der Waals surface area contributed by atoms with E-state index in [1.807, 2.05) is 18.2 Å². The van der Waals surface area contributed by atoms with Gasteiger partial charge in [0.1, 0.15) is 28.9 Å². The Balaban J connectivity index is 0.701. The number of pyridine rings is 1. The number of carbonyl (C=O) groups excluding carboxylic acids is 5. The van der Waals surface area contributed by atoms with Gasteiger partial charge in [-0.1, -0.05) is 49.2 Å². The molecule has 21 nitrogen and oxygen atoms in total. The number of H-pyrrole nitrogens is 1. The van der Waals surface area contributed by atoms with E-state index in [9.17, 15) is 42.5 Å². The van der Waals surface area contributed by atoms with E-state index in [4.69, 9.17) is 16.3 Å². The van der Waals surface area contributed by atoms with E-state index in [-0.39, 0.29) is 52.3 Å². The third kappa shape index (κ3) is 13.2. The first-order valence-corrected chi connectivity index (χ1v) is 30.8. The second-order valence-corrected chi connectivity index (χ2v) is 25.6. The van der Waals surface area contributed by atoms with Crippen molar-refractivity contribution in [2.75, 3.05) is 81.0 Å². The van der Waals surface area contributed by atoms with E-state index in [0.29, 0.717) is 48.3 Å². The molecule has 0 saturated carbocycles.